The molecule has 0 atom stereocenters. The van der Waals surface area contributed by atoms with E-state index in [2.05, 4.69) is 4.90 Å². The Morgan fingerprint density at radius 1 is 1.19 bits per heavy atom. The van der Waals surface area contributed by atoms with Crippen LogP contribution in [0, 0.1) is 0 Å². The number of methoxy groups -OCH3 is 1. The van der Waals surface area contributed by atoms with E-state index in [1.165, 1.54) is 0 Å². The van der Waals surface area contributed by atoms with Gasteiger partial charge in [0.2, 0.25) is 0 Å². The van der Waals surface area contributed by atoms with Gasteiger partial charge in [-0.25, -0.2) is 0 Å². The summed E-state index contributed by atoms with van der Waals surface area (Å²) in [5.74, 6) is 1.28. The van der Waals surface area contributed by atoms with Crippen LogP contribution in [-0.4, -0.2) is 56.7 Å². The van der Waals surface area contributed by atoms with Crippen LogP contribution in [0.2, 0.25) is 5.02 Å². The third kappa shape index (κ3) is 5.26. The zero-order valence-electron chi connectivity index (χ0n) is 18.4. The van der Waals surface area contributed by atoms with Crippen LogP contribution in [-0.2, 0) is 11.2 Å². The first-order valence-corrected chi connectivity index (χ1v) is 11.5. The Labute approximate surface area is 194 Å². The molecule has 1 amide bonds. The molecule has 6 nitrogen and oxygen atoms in total. The molecular weight excluding hydrogens is 426 g/mol. The van der Waals surface area contributed by atoms with E-state index < -0.39 is 0 Å². The summed E-state index contributed by atoms with van der Waals surface area (Å²) in [7, 11) is 1.64. The Bertz CT molecular complexity index is 986. The van der Waals surface area contributed by atoms with Crippen LogP contribution in [0.5, 0.6) is 11.5 Å². The summed E-state index contributed by atoms with van der Waals surface area (Å²) in [6.45, 7) is 4.04. The second-order valence-electron chi connectivity index (χ2n) is 8.25. The molecule has 0 spiro atoms. The largest absolute Gasteiger partial charge is 0.493 e. The average Bonchev–Trinajstić information content (AvgIpc) is 3.22. The quantitative estimate of drug-likeness (QED) is 0.644. The number of carbonyl (C=O) groups excluding carboxylic acids is 1. The number of hydrogen-bond donors (Lipinski definition) is 1. The van der Waals surface area contributed by atoms with Gasteiger partial charge in [0.1, 0.15) is 6.61 Å². The number of amides is 1. The van der Waals surface area contributed by atoms with Crippen LogP contribution in [0.25, 0.3) is 6.08 Å². The number of benzene rings is 2. The molecule has 1 fully saturated rings. The number of nitrogens with two attached hydrogens (primary N) is 1. The lowest BCUT2D eigenvalue weighted by Crippen LogP contribution is -2.41. The zero-order valence-corrected chi connectivity index (χ0v) is 19.2. The minimum atomic E-state index is -0.0792. The predicted octanol–water partition coefficient (Wildman–Crippen LogP) is 3.75. The normalized spacial score (nSPS) is 17.0. The highest BCUT2D eigenvalue weighted by Gasteiger charge is 2.26. The lowest BCUT2D eigenvalue weighted by Gasteiger charge is -2.29. The van der Waals surface area contributed by atoms with Gasteiger partial charge in [-0.05, 0) is 61.7 Å². The number of likely N-dealkylation sites (tertiary alicyclic amines) is 1. The second-order valence-corrected chi connectivity index (χ2v) is 8.66. The smallest absolute Gasteiger partial charge is 0.251 e. The maximum Gasteiger partial charge on any atom is 0.251 e. The zero-order chi connectivity index (χ0) is 22.5. The lowest BCUT2D eigenvalue weighted by molar-refractivity contribution is -0.114. The predicted molar refractivity (Wildman–Crippen MR) is 129 cm³/mol. The topological polar surface area (TPSA) is 68.0 Å². The minimum Gasteiger partial charge on any atom is -0.493 e. The first-order valence-electron chi connectivity index (χ1n) is 11.1. The van der Waals surface area contributed by atoms with Crippen LogP contribution in [0.15, 0.2) is 42.5 Å². The first-order chi connectivity index (χ1) is 15.5. The number of piperidine rings is 1. The Balaban J connectivity index is 1.44. The standard InChI is InChI=1S/C25H30ClN3O3/c1-31-23-16-19-8-13-29(25(30)7-6-18-4-2-3-5-21(18)26)22(19)17-24(23)32-15-14-28-11-9-20(27)10-12-28/h2-7,16-17,20H,8-15,27H2,1H3/b7-6+. The summed E-state index contributed by atoms with van der Waals surface area (Å²) >= 11 is 6.20. The van der Waals surface area contributed by atoms with Gasteiger partial charge in [-0.1, -0.05) is 29.8 Å². The maximum absolute atomic E-state index is 12.9. The molecule has 2 aromatic carbocycles. The van der Waals surface area contributed by atoms with E-state index in [0.717, 1.165) is 55.7 Å². The molecular formula is C25H30ClN3O3. The average molecular weight is 456 g/mol. The number of halogens is 1. The van der Waals surface area contributed by atoms with E-state index in [1.807, 2.05) is 36.4 Å². The molecule has 0 bridgehead atoms. The van der Waals surface area contributed by atoms with Crippen molar-refractivity contribution in [3.05, 3.63) is 58.6 Å². The number of hydrogen-bond acceptors (Lipinski definition) is 5. The van der Waals surface area contributed by atoms with E-state index in [0.29, 0.717) is 35.7 Å². The van der Waals surface area contributed by atoms with Gasteiger partial charge in [0.05, 0.1) is 12.8 Å². The highest BCUT2D eigenvalue weighted by molar-refractivity contribution is 6.32. The van der Waals surface area contributed by atoms with Gasteiger partial charge in [-0.15, -0.1) is 0 Å². The maximum atomic E-state index is 12.9. The van der Waals surface area contributed by atoms with Crippen molar-refractivity contribution in [1.29, 1.82) is 0 Å². The van der Waals surface area contributed by atoms with Crippen molar-refractivity contribution in [3.63, 3.8) is 0 Å². The summed E-state index contributed by atoms with van der Waals surface area (Å²) in [6, 6.07) is 11.7. The fraction of sp³-hybridized carbons (Fsp3) is 0.400. The Morgan fingerprint density at radius 3 is 2.72 bits per heavy atom. The van der Waals surface area contributed by atoms with Gasteiger partial charge in [-0.3, -0.25) is 9.69 Å². The van der Waals surface area contributed by atoms with E-state index >= 15 is 0 Å². The van der Waals surface area contributed by atoms with Crippen molar-refractivity contribution in [2.45, 2.75) is 25.3 Å². The van der Waals surface area contributed by atoms with Crippen molar-refractivity contribution in [2.24, 2.45) is 5.73 Å². The molecule has 2 aromatic rings. The Kier molecular flexibility index (Phi) is 7.35. The van der Waals surface area contributed by atoms with Gasteiger partial charge < -0.3 is 20.1 Å². The van der Waals surface area contributed by atoms with Gasteiger partial charge in [0.25, 0.3) is 5.91 Å². The molecule has 0 unspecified atom stereocenters. The van der Waals surface area contributed by atoms with Crippen LogP contribution >= 0.6 is 11.6 Å². The molecule has 4 rings (SSSR count). The number of fused-ring (bicyclic) bond motifs is 1. The van der Waals surface area contributed by atoms with Crippen LogP contribution in [0.4, 0.5) is 5.69 Å². The number of rotatable bonds is 7. The molecule has 2 N–H and O–H groups in total. The van der Waals surface area contributed by atoms with Crippen molar-refractivity contribution in [3.8, 4) is 11.5 Å². The Morgan fingerprint density at radius 2 is 1.97 bits per heavy atom. The molecule has 32 heavy (non-hydrogen) atoms. The molecule has 0 aliphatic carbocycles. The SMILES string of the molecule is COc1cc2c(cc1OCCN1CCC(N)CC1)N(C(=O)/C=C/c1ccccc1Cl)CC2. The Hall–Kier alpha value is -2.54. The van der Waals surface area contributed by atoms with Crippen molar-refractivity contribution in [1.82, 2.24) is 4.90 Å². The van der Waals surface area contributed by atoms with Crippen molar-refractivity contribution >= 4 is 29.3 Å². The summed E-state index contributed by atoms with van der Waals surface area (Å²) in [5.41, 5.74) is 8.76. The number of ether oxygens (including phenoxy) is 2. The van der Waals surface area contributed by atoms with Gasteiger partial charge in [-0.2, -0.15) is 0 Å². The van der Waals surface area contributed by atoms with Gasteiger partial charge >= 0.3 is 0 Å². The molecule has 0 radical (unpaired) electrons. The van der Waals surface area contributed by atoms with E-state index in [-0.39, 0.29) is 5.91 Å². The molecule has 7 heteroatoms. The third-order valence-electron chi connectivity index (χ3n) is 6.13. The summed E-state index contributed by atoms with van der Waals surface area (Å²) in [5, 5.41) is 0.620. The number of carbonyl (C=O) groups is 1. The molecule has 2 aliphatic heterocycles. The van der Waals surface area contributed by atoms with Crippen LogP contribution in [0.3, 0.4) is 0 Å². The first kappa shape index (κ1) is 22.6. The molecule has 0 saturated carbocycles. The van der Waals surface area contributed by atoms with Crippen molar-refractivity contribution in [2.75, 3.05) is 44.8 Å². The monoisotopic (exact) mass is 455 g/mol. The summed E-state index contributed by atoms with van der Waals surface area (Å²) < 4.78 is 11.6. The third-order valence-corrected chi connectivity index (χ3v) is 6.48. The summed E-state index contributed by atoms with van der Waals surface area (Å²) in [6.07, 6.45) is 6.17. The fourth-order valence-corrected chi connectivity index (χ4v) is 4.42. The van der Waals surface area contributed by atoms with Gasteiger partial charge in [0, 0.05) is 36.3 Å². The van der Waals surface area contributed by atoms with E-state index in [1.54, 1.807) is 24.2 Å². The molecule has 0 aromatic heterocycles. The van der Waals surface area contributed by atoms with E-state index in [4.69, 9.17) is 26.8 Å². The highest BCUT2D eigenvalue weighted by atomic mass is 35.5. The molecule has 170 valence electrons. The van der Waals surface area contributed by atoms with Crippen molar-refractivity contribution < 1.29 is 14.3 Å². The number of anilines is 1. The van der Waals surface area contributed by atoms with Crippen LogP contribution < -0.4 is 20.1 Å². The number of nitrogens with zero attached hydrogens (tertiary/aromatic N) is 2. The molecule has 2 heterocycles. The summed E-state index contributed by atoms with van der Waals surface area (Å²) in [4.78, 5) is 17.1. The second kappa shape index (κ2) is 10.4. The van der Waals surface area contributed by atoms with E-state index in [9.17, 15) is 4.79 Å². The fourth-order valence-electron chi connectivity index (χ4n) is 4.22. The molecule has 2 aliphatic rings. The molecule has 1 saturated heterocycles. The van der Waals surface area contributed by atoms with Gasteiger partial charge in [0.15, 0.2) is 11.5 Å². The minimum absolute atomic E-state index is 0.0792. The van der Waals surface area contributed by atoms with Crippen LogP contribution in [0.1, 0.15) is 24.0 Å². The highest BCUT2D eigenvalue weighted by Crippen LogP contribution is 2.39. The lowest BCUT2D eigenvalue weighted by atomic mass is 10.1.